The van der Waals surface area contributed by atoms with Gasteiger partial charge in [0.05, 0.1) is 6.54 Å². The molecule has 0 N–H and O–H groups in total. The minimum absolute atomic E-state index is 0.151. The number of carbonyl (C=O) groups excluding carboxylic acids is 1. The first-order valence-electron chi connectivity index (χ1n) is 4.01. The minimum Gasteiger partial charge on any atom is -0.274 e. The van der Waals surface area contributed by atoms with Crippen molar-refractivity contribution in [1.29, 1.82) is 0 Å². The van der Waals surface area contributed by atoms with Gasteiger partial charge in [0.1, 0.15) is 5.84 Å². The predicted octanol–water partition coefficient (Wildman–Crippen LogP) is 1.09. The summed E-state index contributed by atoms with van der Waals surface area (Å²) in [6.07, 6.45) is 6.23. The maximum Gasteiger partial charge on any atom is 0.234 e. The molecule has 0 unspecified atom stereocenters. The van der Waals surface area contributed by atoms with Crippen LogP contribution in [0.15, 0.2) is 28.9 Å². The quantitative estimate of drug-likeness (QED) is 0.524. The summed E-state index contributed by atoms with van der Waals surface area (Å²) in [7, 11) is 0. The Morgan fingerprint density at radius 3 is 3.17 bits per heavy atom. The van der Waals surface area contributed by atoms with Crippen molar-refractivity contribution < 1.29 is 4.79 Å². The molecule has 2 heterocycles. The molecule has 0 fully saturated rings. The largest absolute Gasteiger partial charge is 0.274 e. The van der Waals surface area contributed by atoms with E-state index in [0.29, 0.717) is 13.0 Å². The van der Waals surface area contributed by atoms with Crippen LogP contribution in [0.25, 0.3) is 0 Å². The number of amides is 1. The number of carbonyl (C=O) groups is 1. The second-order valence-corrected chi connectivity index (χ2v) is 2.89. The van der Waals surface area contributed by atoms with Gasteiger partial charge in [0, 0.05) is 12.1 Å². The fraction of sp³-hybridized carbons (Fsp3) is 0.333. The average molecular weight is 162 g/mol. The van der Waals surface area contributed by atoms with Crippen LogP contribution >= 0.6 is 0 Å². The third kappa shape index (κ3) is 0.978. The number of hydrogen-bond acceptors (Lipinski definition) is 2. The maximum absolute atomic E-state index is 11.4. The van der Waals surface area contributed by atoms with Gasteiger partial charge in [-0.15, -0.1) is 0 Å². The summed E-state index contributed by atoms with van der Waals surface area (Å²) in [4.78, 5) is 17.3. The number of hydrogen-bond donors (Lipinski definition) is 0. The molecule has 12 heavy (non-hydrogen) atoms. The van der Waals surface area contributed by atoms with E-state index in [9.17, 15) is 4.79 Å². The summed E-state index contributed by atoms with van der Waals surface area (Å²) >= 11 is 0. The summed E-state index contributed by atoms with van der Waals surface area (Å²) in [5.74, 6) is 0.935. The number of rotatable bonds is 0. The molecule has 0 atom stereocenters. The molecule has 3 heteroatoms. The van der Waals surface area contributed by atoms with E-state index in [-0.39, 0.29) is 5.91 Å². The van der Waals surface area contributed by atoms with Crippen molar-refractivity contribution in [2.24, 2.45) is 4.99 Å². The number of fused-ring (bicyclic) bond motifs is 1. The Labute approximate surface area is 71.1 Å². The Kier molecular flexibility index (Phi) is 1.57. The zero-order chi connectivity index (χ0) is 8.55. The third-order valence-corrected chi connectivity index (χ3v) is 2.01. The first-order chi connectivity index (χ1) is 5.79. The van der Waals surface area contributed by atoms with Gasteiger partial charge in [-0.3, -0.25) is 14.7 Å². The molecule has 2 rings (SSSR count). The second-order valence-electron chi connectivity index (χ2n) is 2.89. The highest BCUT2D eigenvalue weighted by Crippen LogP contribution is 2.16. The molecule has 0 bridgehead atoms. The Hall–Kier alpha value is -1.38. The molecule has 2 aliphatic heterocycles. The van der Waals surface area contributed by atoms with E-state index in [1.807, 2.05) is 25.2 Å². The fourth-order valence-electron chi connectivity index (χ4n) is 1.43. The van der Waals surface area contributed by atoms with Crippen LogP contribution in [-0.4, -0.2) is 23.2 Å². The van der Waals surface area contributed by atoms with Gasteiger partial charge in [-0.1, -0.05) is 6.08 Å². The van der Waals surface area contributed by atoms with E-state index >= 15 is 0 Å². The number of amidine groups is 1. The Morgan fingerprint density at radius 1 is 1.58 bits per heavy atom. The monoisotopic (exact) mass is 162 g/mol. The Bertz CT molecular complexity index is 312. The van der Waals surface area contributed by atoms with Crippen LogP contribution in [0.5, 0.6) is 0 Å². The summed E-state index contributed by atoms with van der Waals surface area (Å²) in [6, 6.07) is 0. The van der Waals surface area contributed by atoms with E-state index in [0.717, 1.165) is 11.5 Å². The van der Waals surface area contributed by atoms with Crippen LogP contribution in [0, 0.1) is 0 Å². The van der Waals surface area contributed by atoms with Crippen molar-refractivity contribution in [2.75, 3.05) is 6.54 Å². The molecule has 0 aromatic carbocycles. The molecule has 0 saturated heterocycles. The zero-order valence-electron chi connectivity index (χ0n) is 6.95. The molecular weight excluding hydrogens is 152 g/mol. The van der Waals surface area contributed by atoms with Gasteiger partial charge < -0.3 is 0 Å². The van der Waals surface area contributed by atoms with Crippen molar-refractivity contribution in [3.8, 4) is 0 Å². The summed E-state index contributed by atoms with van der Waals surface area (Å²) in [5.41, 5.74) is 0.959. The molecule has 1 amide bonds. The average Bonchev–Trinajstić information content (AvgIpc) is 2.04. The summed E-state index contributed by atoms with van der Waals surface area (Å²) in [5, 5.41) is 0. The summed E-state index contributed by atoms with van der Waals surface area (Å²) in [6.45, 7) is 2.55. The molecule has 0 aliphatic carbocycles. The van der Waals surface area contributed by atoms with Crippen molar-refractivity contribution in [3.63, 3.8) is 0 Å². The molecule has 0 radical (unpaired) electrons. The molecule has 3 nitrogen and oxygen atoms in total. The number of allylic oxidation sites excluding steroid dienone is 3. The van der Waals surface area contributed by atoms with E-state index in [4.69, 9.17) is 0 Å². The van der Waals surface area contributed by atoms with Gasteiger partial charge in [0.25, 0.3) is 0 Å². The van der Waals surface area contributed by atoms with Crippen molar-refractivity contribution in [1.82, 2.24) is 4.90 Å². The smallest absolute Gasteiger partial charge is 0.234 e. The lowest BCUT2D eigenvalue weighted by Crippen LogP contribution is -2.38. The van der Waals surface area contributed by atoms with Crippen LogP contribution in [0.4, 0.5) is 0 Å². The van der Waals surface area contributed by atoms with Crippen molar-refractivity contribution in [3.05, 3.63) is 23.9 Å². The van der Waals surface area contributed by atoms with E-state index in [2.05, 4.69) is 4.99 Å². The van der Waals surface area contributed by atoms with Gasteiger partial charge in [0.2, 0.25) is 5.91 Å². The molecule has 2 aliphatic rings. The van der Waals surface area contributed by atoms with Gasteiger partial charge in [-0.25, -0.2) is 0 Å². The topological polar surface area (TPSA) is 32.7 Å². The standard InChI is InChI=1S/C9H10N2O/c1-7-3-2-4-8-10-6-5-9(12)11(7)8/h2-4H,5-6H2,1H3. The zero-order valence-corrected chi connectivity index (χ0v) is 6.95. The van der Waals surface area contributed by atoms with Gasteiger partial charge in [-0.05, 0) is 19.1 Å². The van der Waals surface area contributed by atoms with Crippen LogP contribution in [0.1, 0.15) is 13.3 Å². The van der Waals surface area contributed by atoms with Crippen LogP contribution < -0.4 is 0 Å². The lowest BCUT2D eigenvalue weighted by Gasteiger charge is -2.28. The summed E-state index contributed by atoms with van der Waals surface area (Å²) < 4.78 is 0. The van der Waals surface area contributed by atoms with Crippen molar-refractivity contribution in [2.45, 2.75) is 13.3 Å². The van der Waals surface area contributed by atoms with E-state index < -0.39 is 0 Å². The van der Waals surface area contributed by atoms with Crippen LogP contribution in [0.2, 0.25) is 0 Å². The molecule has 0 aromatic rings. The Balaban J connectivity index is 2.42. The van der Waals surface area contributed by atoms with E-state index in [1.54, 1.807) is 4.90 Å². The normalized spacial score (nSPS) is 21.8. The lowest BCUT2D eigenvalue weighted by molar-refractivity contribution is -0.126. The maximum atomic E-state index is 11.4. The highest BCUT2D eigenvalue weighted by atomic mass is 16.2. The van der Waals surface area contributed by atoms with Gasteiger partial charge in [-0.2, -0.15) is 0 Å². The van der Waals surface area contributed by atoms with E-state index in [1.165, 1.54) is 0 Å². The first kappa shape index (κ1) is 7.28. The lowest BCUT2D eigenvalue weighted by atomic mass is 10.2. The fourth-order valence-corrected chi connectivity index (χ4v) is 1.43. The third-order valence-electron chi connectivity index (χ3n) is 2.01. The Morgan fingerprint density at radius 2 is 2.42 bits per heavy atom. The second kappa shape index (κ2) is 2.59. The highest BCUT2D eigenvalue weighted by molar-refractivity contribution is 6.08. The van der Waals surface area contributed by atoms with Crippen LogP contribution in [-0.2, 0) is 4.79 Å². The van der Waals surface area contributed by atoms with Crippen molar-refractivity contribution >= 4 is 11.7 Å². The SMILES string of the molecule is CC1=CC=CC2=NCCC(=O)N12. The van der Waals surface area contributed by atoms with Crippen LogP contribution in [0.3, 0.4) is 0 Å². The molecular formula is C9H10N2O. The number of aliphatic imine (C=N–C) groups is 1. The first-order valence-corrected chi connectivity index (χ1v) is 4.01. The van der Waals surface area contributed by atoms with Gasteiger partial charge >= 0.3 is 0 Å². The molecule has 0 saturated carbocycles. The highest BCUT2D eigenvalue weighted by Gasteiger charge is 2.23. The van der Waals surface area contributed by atoms with Gasteiger partial charge in [0.15, 0.2) is 0 Å². The molecule has 62 valence electrons. The minimum atomic E-state index is 0.151. The molecule has 0 aromatic heterocycles. The number of nitrogens with zero attached hydrogens (tertiary/aromatic N) is 2. The predicted molar refractivity (Wildman–Crippen MR) is 46.7 cm³/mol. The molecule has 0 spiro atoms.